The topological polar surface area (TPSA) is 88.1 Å². The predicted molar refractivity (Wildman–Crippen MR) is 124 cm³/mol. The highest BCUT2D eigenvalue weighted by Gasteiger charge is 2.22. The average molecular weight is 453 g/mol. The summed E-state index contributed by atoms with van der Waals surface area (Å²) in [6.45, 7) is 2.28. The molecule has 8 heteroatoms. The van der Waals surface area contributed by atoms with Gasteiger partial charge in [-0.3, -0.25) is 9.78 Å². The first-order valence-electron chi connectivity index (χ1n) is 10.3. The molecule has 1 unspecified atom stereocenters. The van der Waals surface area contributed by atoms with E-state index in [4.69, 9.17) is 23.7 Å². The predicted octanol–water partition coefficient (Wildman–Crippen LogP) is 4.19. The Morgan fingerprint density at radius 3 is 2.15 bits per heavy atom. The van der Waals surface area contributed by atoms with Crippen molar-refractivity contribution < 1.29 is 28.5 Å². The van der Waals surface area contributed by atoms with Gasteiger partial charge in [0, 0.05) is 12.4 Å². The number of carbonyl (C=O) groups excluding carboxylic acids is 1. The van der Waals surface area contributed by atoms with E-state index in [1.807, 2.05) is 37.3 Å². The summed E-state index contributed by atoms with van der Waals surface area (Å²) in [6.07, 6.45) is 3.44. The van der Waals surface area contributed by atoms with Crippen LogP contribution >= 0.6 is 0 Å². The quantitative estimate of drug-likeness (QED) is 0.494. The molecule has 1 amide bonds. The Hall–Kier alpha value is -3.94. The normalized spacial score (nSPS) is 11.3. The molecule has 0 saturated carbocycles. The number of rotatable bonds is 10. The Balaban J connectivity index is 1.76. The SMILES string of the molecule is COc1cc(C(C)NC(=O)c2ccc(OC)c(OC)c2OC)ccc1OCc1ccncc1. The number of aromatic nitrogens is 1. The fourth-order valence-electron chi connectivity index (χ4n) is 3.35. The van der Waals surface area contributed by atoms with E-state index in [2.05, 4.69) is 10.3 Å². The molecule has 3 rings (SSSR count). The number of carbonyl (C=O) groups is 1. The zero-order valence-electron chi connectivity index (χ0n) is 19.4. The third-order valence-electron chi connectivity index (χ3n) is 5.13. The van der Waals surface area contributed by atoms with Crippen molar-refractivity contribution in [3.63, 3.8) is 0 Å². The van der Waals surface area contributed by atoms with Gasteiger partial charge in [-0.2, -0.15) is 0 Å². The molecule has 2 aromatic carbocycles. The largest absolute Gasteiger partial charge is 0.493 e. The molecule has 3 aromatic rings. The van der Waals surface area contributed by atoms with Crippen LogP contribution in [0.1, 0.15) is 34.5 Å². The van der Waals surface area contributed by atoms with Crippen LogP contribution < -0.4 is 29.0 Å². The third kappa shape index (κ3) is 5.46. The molecule has 0 aliphatic heterocycles. The number of methoxy groups -OCH3 is 4. The monoisotopic (exact) mass is 452 g/mol. The van der Waals surface area contributed by atoms with E-state index in [1.165, 1.54) is 21.3 Å². The Morgan fingerprint density at radius 2 is 1.52 bits per heavy atom. The molecule has 8 nitrogen and oxygen atoms in total. The number of pyridine rings is 1. The summed E-state index contributed by atoms with van der Waals surface area (Å²) in [5.41, 5.74) is 2.20. The molecule has 1 heterocycles. The van der Waals surface area contributed by atoms with Crippen LogP contribution in [0.15, 0.2) is 54.9 Å². The standard InChI is InChI=1S/C25H28N2O6/c1-16(27-25(28)19-7-9-21(29-2)24(32-5)23(19)31-4)18-6-8-20(22(14-18)30-3)33-15-17-10-12-26-13-11-17/h6-14,16H,15H2,1-5H3,(H,27,28). The van der Waals surface area contributed by atoms with Crippen molar-refractivity contribution in [1.29, 1.82) is 0 Å². The minimum absolute atomic E-state index is 0.305. The lowest BCUT2D eigenvalue weighted by molar-refractivity contribution is 0.0936. The van der Waals surface area contributed by atoms with Gasteiger partial charge in [0.25, 0.3) is 5.91 Å². The van der Waals surface area contributed by atoms with Gasteiger partial charge in [0.15, 0.2) is 23.0 Å². The molecule has 0 saturated heterocycles. The lowest BCUT2D eigenvalue weighted by Gasteiger charge is -2.19. The minimum Gasteiger partial charge on any atom is -0.493 e. The van der Waals surface area contributed by atoms with Gasteiger partial charge >= 0.3 is 0 Å². The number of benzene rings is 2. The lowest BCUT2D eigenvalue weighted by atomic mass is 10.1. The minimum atomic E-state index is -0.308. The Kier molecular flexibility index (Phi) is 7.96. The van der Waals surface area contributed by atoms with Crippen LogP contribution in [0.4, 0.5) is 0 Å². The molecular weight excluding hydrogens is 424 g/mol. The van der Waals surface area contributed by atoms with Crippen molar-refractivity contribution in [1.82, 2.24) is 10.3 Å². The van der Waals surface area contributed by atoms with Gasteiger partial charge in [-0.1, -0.05) is 6.07 Å². The van der Waals surface area contributed by atoms with Crippen molar-refractivity contribution >= 4 is 5.91 Å². The summed E-state index contributed by atoms with van der Waals surface area (Å²) < 4.78 is 27.5. The number of hydrogen-bond acceptors (Lipinski definition) is 7. The van der Waals surface area contributed by atoms with Gasteiger partial charge in [0.1, 0.15) is 6.61 Å². The van der Waals surface area contributed by atoms with Gasteiger partial charge in [-0.05, 0) is 54.4 Å². The number of nitrogens with zero attached hydrogens (tertiary/aromatic N) is 1. The number of ether oxygens (including phenoxy) is 5. The van der Waals surface area contributed by atoms with Gasteiger partial charge in [0.05, 0.1) is 40.0 Å². The molecule has 0 bridgehead atoms. The second-order valence-electron chi connectivity index (χ2n) is 7.13. The van der Waals surface area contributed by atoms with Gasteiger partial charge in [-0.15, -0.1) is 0 Å². The van der Waals surface area contributed by atoms with Gasteiger partial charge in [-0.25, -0.2) is 0 Å². The van der Waals surface area contributed by atoms with E-state index in [0.29, 0.717) is 40.9 Å². The molecule has 0 fully saturated rings. The molecule has 1 N–H and O–H groups in total. The van der Waals surface area contributed by atoms with Crippen LogP contribution in [0.2, 0.25) is 0 Å². The van der Waals surface area contributed by atoms with Crippen LogP contribution in [0.3, 0.4) is 0 Å². The summed E-state index contributed by atoms with van der Waals surface area (Å²) in [5.74, 6) is 2.02. The van der Waals surface area contributed by atoms with Crippen molar-refractivity contribution in [2.45, 2.75) is 19.6 Å². The first-order chi connectivity index (χ1) is 16.0. The Morgan fingerprint density at radius 1 is 0.848 bits per heavy atom. The van der Waals surface area contributed by atoms with Crippen LogP contribution in [0.25, 0.3) is 0 Å². The summed E-state index contributed by atoms with van der Waals surface area (Å²) >= 11 is 0. The van der Waals surface area contributed by atoms with Gasteiger partial charge in [0.2, 0.25) is 5.75 Å². The van der Waals surface area contributed by atoms with Crippen LogP contribution in [0, 0.1) is 0 Å². The molecule has 0 radical (unpaired) electrons. The number of hydrogen-bond donors (Lipinski definition) is 1. The van der Waals surface area contributed by atoms with E-state index < -0.39 is 0 Å². The molecule has 0 aliphatic carbocycles. The maximum Gasteiger partial charge on any atom is 0.255 e. The van der Waals surface area contributed by atoms with E-state index in [-0.39, 0.29) is 11.9 Å². The van der Waals surface area contributed by atoms with Crippen LogP contribution in [0.5, 0.6) is 28.7 Å². The first kappa shape index (κ1) is 23.7. The van der Waals surface area contributed by atoms with E-state index in [9.17, 15) is 4.79 Å². The maximum atomic E-state index is 13.0. The fraction of sp³-hybridized carbons (Fsp3) is 0.280. The summed E-state index contributed by atoms with van der Waals surface area (Å²) in [6, 6.07) is 12.3. The summed E-state index contributed by atoms with van der Waals surface area (Å²) in [5, 5.41) is 2.99. The highest BCUT2D eigenvalue weighted by atomic mass is 16.5. The van der Waals surface area contributed by atoms with Crippen LogP contribution in [-0.4, -0.2) is 39.3 Å². The van der Waals surface area contributed by atoms with Crippen molar-refractivity contribution in [2.24, 2.45) is 0 Å². The summed E-state index contributed by atoms with van der Waals surface area (Å²) in [7, 11) is 6.08. The second kappa shape index (κ2) is 11.1. The molecular formula is C25H28N2O6. The Bertz CT molecular complexity index is 1090. The average Bonchev–Trinajstić information content (AvgIpc) is 2.86. The maximum absolute atomic E-state index is 13.0. The highest BCUT2D eigenvalue weighted by Crippen LogP contribution is 2.40. The highest BCUT2D eigenvalue weighted by molar-refractivity contribution is 5.98. The molecule has 0 aliphatic rings. The van der Waals surface area contributed by atoms with Gasteiger partial charge < -0.3 is 29.0 Å². The van der Waals surface area contributed by atoms with Crippen LogP contribution in [-0.2, 0) is 6.61 Å². The molecule has 174 valence electrons. The van der Waals surface area contributed by atoms with Crippen molar-refractivity contribution in [2.75, 3.05) is 28.4 Å². The number of nitrogens with one attached hydrogen (secondary N) is 1. The van der Waals surface area contributed by atoms with E-state index >= 15 is 0 Å². The zero-order valence-corrected chi connectivity index (χ0v) is 19.4. The Labute approximate surface area is 193 Å². The second-order valence-corrected chi connectivity index (χ2v) is 7.13. The van der Waals surface area contributed by atoms with Crippen molar-refractivity contribution in [3.8, 4) is 28.7 Å². The summed E-state index contributed by atoms with van der Waals surface area (Å²) in [4.78, 5) is 17.0. The van der Waals surface area contributed by atoms with E-state index in [0.717, 1.165) is 11.1 Å². The third-order valence-corrected chi connectivity index (χ3v) is 5.13. The lowest BCUT2D eigenvalue weighted by Crippen LogP contribution is -2.27. The molecule has 1 aromatic heterocycles. The smallest absolute Gasteiger partial charge is 0.255 e. The molecule has 1 atom stereocenters. The van der Waals surface area contributed by atoms with Crippen molar-refractivity contribution in [3.05, 3.63) is 71.5 Å². The fourth-order valence-corrected chi connectivity index (χ4v) is 3.35. The first-order valence-corrected chi connectivity index (χ1v) is 10.3. The molecule has 0 spiro atoms. The number of amides is 1. The van der Waals surface area contributed by atoms with E-state index in [1.54, 1.807) is 31.6 Å². The molecule has 33 heavy (non-hydrogen) atoms. The zero-order chi connectivity index (χ0) is 23.8.